The zero-order valence-electron chi connectivity index (χ0n) is 5.70. The van der Waals surface area contributed by atoms with Gasteiger partial charge in [0.05, 0.1) is 6.04 Å². The summed E-state index contributed by atoms with van der Waals surface area (Å²) < 4.78 is 0. The summed E-state index contributed by atoms with van der Waals surface area (Å²) in [5, 5.41) is 9.84. The van der Waals surface area contributed by atoms with E-state index in [0.717, 1.165) is 0 Å². The smallest absolute Gasteiger partial charge is 0.219 e. The van der Waals surface area contributed by atoms with E-state index in [4.69, 9.17) is 5.73 Å². The molecule has 0 aromatic rings. The average Bonchev–Trinajstić information content (AvgIpc) is 1.63. The monoisotopic (exact) mass is 132 g/mol. The molecule has 54 valence electrons. The standard InChI is InChI=1S/C5H12N2O2/c1-4(2)5(6)3-7(8)9/h4-5H,3,6H2,1-2H3/t5-/m1/s1. The lowest BCUT2D eigenvalue weighted by Crippen LogP contribution is -2.33. The predicted molar refractivity (Wildman–Crippen MR) is 34.7 cm³/mol. The van der Waals surface area contributed by atoms with Crippen molar-refractivity contribution in [3.05, 3.63) is 10.1 Å². The Kier molecular flexibility index (Phi) is 3.16. The fraction of sp³-hybridized carbons (Fsp3) is 1.00. The van der Waals surface area contributed by atoms with E-state index in [1.54, 1.807) is 0 Å². The van der Waals surface area contributed by atoms with Gasteiger partial charge in [-0.2, -0.15) is 0 Å². The molecule has 0 fully saturated rings. The lowest BCUT2D eigenvalue weighted by molar-refractivity contribution is -0.483. The van der Waals surface area contributed by atoms with Gasteiger partial charge >= 0.3 is 0 Å². The number of nitrogens with zero attached hydrogens (tertiary/aromatic N) is 1. The van der Waals surface area contributed by atoms with Gasteiger partial charge < -0.3 is 5.73 Å². The van der Waals surface area contributed by atoms with E-state index in [-0.39, 0.29) is 23.4 Å². The highest BCUT2D eigenvalue weighted by Crippen LogP contribution is 1.96. The summed E-state index contributed by atoms with van der Waals surface area (Å²) in [5.41, 5.74) is 5.38. The molecule has 0 amide bonds. The Hall–Kier alpha value is -0.640. The van der Waals surface area contributed by atoms with Gasteiger partial charge in [0.15, 0.2) is 0 Å². The third kappa shape index (κ3) is 3.90. The Morgan fingerprint density at radius 2 is 2.11 bits per heavy atom. The third-order valence-corrected chi connectivity index (χ3v) is 1.22. The van der Waals surface area contributed by atoms with Gasteiger partial charge in [-0.15, -0.1) is 0 Å². The van der Waals surface area contributed by atoms with Crippen molar-refractivity contribution >= 4 is 0 Å². The van der Waals surface area contributed by atoms with Crippen LogP contribution in [0.1, 0.15) is 13.8 Å². The first-order valence-corrected chi connectivity index (χ1v) is 2.91. The maximum Gasteiger partial charge on any atom is 0.219 e. The molecule has 0 aromatic carbocycles. The molecule has 1 atom stereocenters. The van der Waals surface area contributed by atoms with Crippen LogP contribution in [0.4, 0.5) is 0 Å². The molecule has 0 heterocycles. The topological polar surface area (TPSA) is 69.2 Å². The molecule has 0 radical (unpaired) electrons. The molecule has 0 aliphatic heterocycles. The van der Waals surface area contributed by atoms with Crippen LogP contribution in [0.2, 0.25) is 0 Å². The second kappa shape index (κ2) is 3.40. The molecule has 0 aliphatic carbocycles. The van der Waals surface area contributed by atoms with Gasteiger partial charge in [-0.05, 0) is 5.92 Å². The van der Waals surface area contributed by atoms with E-state index in [2.05, 4.69) is 0 Å². The van der Waals surface area contributed by atoms with E-state index in [0.29, 0.717) is 0 Å². The lowest BCUT2D eigenvalue weighted by Gasteiger charge is -2.08. The second-order valence-corrected chi connectivity index (χ2v) is 2.42. The molecule has 0 unspecified atom stereocenters. The van der Waals surface area contributed by atoms with E-state index >= 15 is 0 Å². The maximum absolute atomic E-state index is 9.84. The van der Waals surface area contributed by atoms with Crippen molar-refractivity contribution in [2.24, 2.45) is 11.7 Å². The van der Waals surface area contributed by atoms with E-state index in [9.17, 15) is 10.1 Å². The molecule has 0 saturated carbocycles. The summed E-state index contributed by atoms with van der Waals surface area (Å²) in [6, 6.07) is -0.306. The summed E-state index contributed by atoms with van der Waals surface area (Å²) in [5.74, 6) is 0.190. The van der Waals surface area contributed by atoms with Crippen molar-refractivity contribution in [2.45, 2.75) is 19.9 Å². The van der Waals surface area contributed by atoms with Crippen molar-refractivity contribution in [2.75, 3.05) is 6.54 Å². The molecule has 0 aliphatic rings. The van der Waals surface area contributed by atoms with Crippen LogP contribution >= 0.6 is 0 Å². The Balaban J connectivity index is 3.50. The van der Waals surface area contributed by atoms with Gasteiger partial charge in [-0.25, -0.2) is 0 Å². The highest BCUT2D eigenvalue weighted by Gasteiger charge is 2.12. The van der Waals surface area contributed by atoms with Gasteiger partial charge in [-0.1, -0.05) is 13.8 Å². The molecule has 2 N–H and O–H groups in total. The summed E-state index contributed by atoms with van der Waals surface area (Å²) in [4.78, 5) is 9.46. The third-order valence-electron chi connectivity index (χ3n) is 1.22. The molecule has 0 bridgehead atoms. The number of nitro groups is 1. The quantitative estimate of drug-likeness (QED) is 0.442. The first-order valence-electron chi connectivity index (χ1n) is 2.91. The number of hydrogen-bond donors (Lipinski definition) is 1. The van der Waals surface area contributed by atoms with Gasteiger partial charge in [0.25, 0.3) is 0 Å². The van der Waals surface area contributed by atoms with E-state index in [1.165, 1.54) is 0 Å². The predicted octanol–water partition coefficient (Wildman–Crippen LogP) is 0.246. The number of hydrogen-bond acceptors (Lipinski definition) is 3. The van der Waals surface area contributed by atoms with Gasteiger partial charge in [0, 0.05) is 4.92 Å². The Labute approximate surface area is 54.2 Å². The highest BCUT2D eigenvalue weighted by atomic mass is 16.6. The van der Waals surface area contributed by atoms with Crippen molar-refractivity contribution in [1.29, 1.82) is 0 Å². The van der Waals surface area contributed by atoms with Crippen LogP contribution in [0.25, 0.3) is 0 Å². The first kappa shape index (κ1) is 8.36. The molecule has 0 rings (SSSR count). The number of nitrogens with two attached hydrogens (primary N) is 1. The minimum atomic E-state index is -0.384. The van der Waals surface area contributed by atoms with Crippen LogP contribution in [0, 0.1) is 16.0 Å². The van der Waals surface area contributed by atoms with Crippen molar-refractivity contribution in [3.63, 3.8) is 0 Å². The summed E-state index contributed by atoms with van der Waals surface area (Å²) in [6.45, 7) is 3.61. The fourth-order valence-electron chi connectivity index (χ4n) is 0.383. The van der Waals surface area contributed by atoms with Gasteiger partial charge in [-0.3, -0.25) is 10.1 Å². The second-order valence-electron chi connectivity index (χ2n) is 2.42. The largest absolute Gasteiger partial charge is 0.322 e. The number of rotatable bonds is 3. The van der Waals surface area contributed by atoms with Crippen molar-refractivity contribution < 1.29 is 4.92 Å². The molecule has 4 nitrogen and oxygen atoms in total. The van der Waals surface area contributed by atoms with Crippen LogP contribution in [-0.4, -0.2) is 17.5 Å². The van der Waals surface area contributed by atoms with Crippen LogP contribution in [-0.2, 0) is 0 Å². The summed E-state index contributed by atoms with van der Waals surface area (Å²) in [6.07, 6.45) is 0. The maximum atomic E-state index is 9.84. The normalized spacial score (nSPS) is 13.8. The summed E-state index contributed by atoms with van der Waals surface area (Å²) >= 11 is 0. The Morgan fingerprint density at radius 3 is 2.22 bits per heavy atom. The minimum Gasteiger partial charge on any atom is -0.322 e. The first-order chi connectivity index (χ1) is 4.04. The van der Waals surface area contributed by atoms with E-state index < -0.39 is 0 Å². The van der Waals surface area contributed by atoms with Gasteiger partial charge in [0.2, 0.25) is 6.54 Å². The van der Waals surface area contributed by atoms with Crippen LogP contribution < -0.4 is 5.73 Å². The van der Waals surface area contributed by atoms with Gasteiger partial charge in [0.1, 0.15) is 0 Å². The molecule has 4 heteroatoms. The molecule has 0 saturated heterocycles. The summed E-state index contributed by atoms with van der Waals surface area (Å²) in [7, 11) is 0. The van der Waals surface area contributed by atoms with Crippen LogP contribution in [0.3, 0.4) is 0 Å². The van der Waals surface area contributed by atoms with Crippen molar-refractivity contribution in [3.8, 4) is 0 Å². The molecule has 0 aromatic heterocycles. The average molecular weight is 132 g/mol. The van der Waals surface area contributed by atoms with Crippen molar-refractivity contribution in [1.82, 2.24) is 0 Å². The Bertz CT molecular complexity index is 103. The zero-order chi connectivity index (χ0) is 7.44. The lowest BCUT2D eigenvalue weighted by atomic mass is 10.1. The fourth-order valence-corrected chi connectivity index (χ4v) is 0.383. The molecule has 0 spiro atoms. The minimum absolute atomic E-state index is 0.127. The molecular formula is C5H12N2O2. The van der Waals surface area contributed by atoms with Crippen LogP contribution in [0.5, 0.6) is 0 Å². The SMILES string of the molecule is CC(C)[C@H](N)C[N+](=O)[O-]. The Morgan fingerprint density at radius 1 is 1.67 bits per heavy atom. The highest BCUT2D eigenvalue weighted by molar-refractivity contribution is 4.62. The zero-order valence-corrected chi connectivity index (χ0v) is 5.70. The molecule has 9 heavy (non-hydrogen) atoms. The molecular weight excluding hydrogens is 120 g/mol. The van der Waals surface area contributed by atoms with E-state index in [1.807, 2.05) is 13.8 Å². The van der Waals surface area contributed by atoms with Crippen LogP contribution in [0.15, 0.2) is 0 Å².